The summed E-state index contributed by atoms with van der Waals surface area (Å²) < 4.78 is 12.3. The van der Waals surface area contributed by atoms with Crippen LogP contribution in [0.2, 0.25) is 5.15 Å². The molecular formula is C22H19ClN4O4. The summed E-state index contributed by atoms with van der Waals surface area (Å²) in [6, 6.07) is 14.1. The molecule has 31 heavy (non-hydrogen) atoms. The number of nitrogens with zero attached hydrogens (tertiary/aromatic N) is 3. The zero-order chi connectivity index (χ0) is 21.8. The van der Waals surface area contributed by atoms with Crippen LogP contribution in [0.15, 0.2) is 48.5 Å². The van der Waals surface area contributed by atoms with Gasteiger partial charge in [0.25, 0.3) is 5.91 Å². The Morgan fingerprint density at radius 1 is 1.13 bits per heavy atom. The Labute approximate surface area is 183 Å². The van der Waals surface area contributed by atoms with Crippen molar-refractivity contribution in [3.8, 4) is 17.2 Å². The number of ether oxygens (including phenoxy) is 2. The van der Waals surface area contributed by atoms with Crippen molar-refractivity contribution in [2.75, 3.05) is 6.79 Å². The van der Waals surface area contributed by atoms with E-state index >= 15 is 0 Å². The summed E-state index contributed by atoms with van der Waals surface area (Å²) in [5.41, 5.74) is 1.44. The van der Waals surface area contributed by atoms with Gasteiger partial charge >= 0.3 is 6.03 Å². The average molecular weight is 439 g/mol. The number of aromatic nitrogens is 2. The minimum atomic E-state index is -1.23. The molecule has 2 aliphatic rings. The molecule has 2 aliphatic heterocycles. The molecule has 2 aromatic carbocycles. The van der Waals surface area contributed by atoms with Crippen molar-refractivity contribution in [2.24, 2.45) is 0 Å². The fourth-order valence-electron chi connectivity index (χ4n) is 3.85. The number of hydrogen-bond donors (Lipinski definition) is 1. The van der Waals surface area contributed by atoms with Crippen molar-refractivity contribution in [3.63, 3.8) is 0 Å². The van der Waals surface area contributed by atoms with Crippen LogP contribution in [0, 0.1) is 6.92 Å². The molecule has 1 saturated heterocycles. The number of imide groups is 1. The second kappa shape index (κ2) is 7.02. The molecule has 3 amide bonds. The van der Waals surface area contributed by atoms with Gasteiger partial charge in [0, 0.05) is 5.56 Å². The Balaban J connectivity index is 1.45. The van der Waals surface area contributed by atoms with Gasteiger partial charge in [-0.25, -0.2) is 9.48 Å². The molecule has 1 aromatic heterocycles. The van der Waals surface area contributed by atoms with Crippen LogP contribution in [0.5, 0.6) is 11.5 Å². The van der Waals surface area contributed by atoms with Gasteiger partial charge in [0.15, 0.2) is 11.5 Å². The largest absolute Gasteiger partial charge is 0.454 e. The lowest BCUT2D eigenvalue weighted by atomic mass is 9.91. The van der Waals surface area contributed by atoms with Crippen molar-refractivity contribution in [3.05, 3.63) is 70.5 Å². The van der Waals surface area contributed by atoms with Crippen LogP contribution < -0.4 is 14.8 Å². The Morgan fingerprint density at radius 2 is 1.87 bits per heavy atom. The van der Waals surface area contributed by atoms with Gasteiger partial charge in [0.2, 0.25) is 6.79 Å². The van der Waals surface area contributed by atoms with E-state index in [4.69, 9.17) is 21.1 Å². The molecule has 8 nitrogen and oxygen atoms in total. The first kappa shape index (κ1) is 19.4. The predicted octanol–water partition coefficient (Wildman–Crippen LogP) is 3.53. The molecule has 0 aliphatic carbocycles. The standard InChI is InChI=1S/C22H19ClN4O4/c1-13-16(19(23)27(25-13)15-6-4-3-5-7-15)11-26-20(28)22(2,24-21(26)29)14-8-9-17-18(10-14)31-12-30-17/h3-10H,11-12H2,1-2H3,(H,24,29). The molecule has 9 heteroatoms. The van der Waals surface area contributed by atoms with Gasteiger partial charge in [-0.3, -0.25) is 9.69 Å². The number of fused-ring (bicyclic) bond motifs is 1. The van der Waals surface area contributed by atoms with Gasteiger partial charge < -0.3 is 14.8 Å². The van der Waals surface area contributed by atoms with E-state index in [0.717, 1.165) is 10.6 Å². The molecule has 0 radical (unpaired) electrons. The quantitative estimate of drug-likeness (QED) is 0.630. The van der Waals surface area contributed by atoms with Crippen LogP contribution in [-0.2, 0) is 16.9 Å². The molecule has 1 N–H and O–H groups in total. The third-order valence-corrected chi connectivity index (χ3v) is 6.05. The molecule has 1 unspecified atom stereocenters. The van der Waals surface area contributed by atoms with E-state index in [2.05, 4.69) is 10.4 Å². The minimum Gasteiger partial charge on any atom is -0.454 e. The highest BCUT2D eigenvalue weighted by Gasteiger charge is 2.49. The van der Waals surface area contributed by atoms with Gasteiger partial charge in [-0.1, -0.05) is 35.9 Å². The SMILES string of the molecule is Cc1nn(-c2ccccc2)c(Cl)c1CN1C(=O)NC(C)(c2ccc3c(c2)OCO3)C1=O. The number of benzene rings is 2. The lowest BCUT2D eigenvalue weighted by Crippen LogP contribution is -2.40. The zero-order valence-corrected chi connectivity index (χ0v) is 17.6. The molecule has 5 rings (SSSR count). The Hall–Kier alpha value is -3.52. The van der Waals surface area contributed by atoms with E-state index in [-0.39, 0.29) is 19.2 Å². The number of para-hydroxylation sites is 1. The number of carbonyl (C=O) groups excluding carboxylic acids is 2. The highest BCUT2D eigenvalue weighted by molar-refractivity contribution is 6.30. The number of aryl methyl sites for hydroxylation is 1. The summed E-state index contributed by atoms with van der Waals surface area (Å²) in [5, 5.41) is 7.66. The van der Waals surface area contributed by atoms with Crippen molar-refractivity contribution in [1.82, 2.24) is 20.0 Å². The Kier molecular flexibility index (Phi) is 4.40. The Morgan fingerprint density at radius 3 is 2.65 bits per heavy atom. The van der Waals surface area contributed by atoms with E-state index in [1.54, 1.807) is 36.7 Å². The van der Waals surface area contributed by atoms with E-state index in [1.807, 2.05) is 30.3 Å². The Bertz CT molecular complexity index is 1210. The molecule has 3 aromatic rings. The van der Waals surface area contributed by atoms with Gasteiger partial charge in [-0.05, 0) is 43.7 Å². The molecule has 1 atom stereocenters. The number of rotatable bonds is 4. The van der Waals surface area contributed by atoms with Crippen LogP contribution in [0.1, 0.15) is 23.7 Å². The van der Waals surface area contributed by atoms with Crippen LogP contribution in [0.4, 0.5) is 4.79 Å². The number of halogens is 1. The lowest BCUT2D eigenvalue weighted by Gasteiger charge is -2.22. The average Bonchev–Trinajstić information content (AvgIpc) is 3.41. The predicted molar refractivity (Wildman–Crippen MR) is 112 cm³/mol. The van der Waals surface area contributed by atoms with Crippen molar-refractivity contribution >= 4 is 23.5 Å². The highest BCUT2D eigenvalue weighted by atomic mass is 35.5. The number of hydrogen-bond acceptors (Lipinski definition) is 5. The summed E-state index contributed by atoms with van der Waals surface area (Å²) in [7, 11) is 0. The third kappa shape index (κ3) is 3.02. The fraction of sp³-hybridized carbons (Fsp3) is 0.227. The number of carbonyl (C=O) groups is 2. The monoisotopic (exact) mass is 438 g/mol. The van der Waals surface area contributed by atoms with Crippen LogP contribution >= 0.6 is 11.6 Å². The van der Waals surface area contributed by atoms with Gasteiger partial charge in [0.1, 0.15) is 10.7 Å². The summed E-state index contributed by atoms with van der Waals surface area (Å²) in [6.45, 7) is 3.62. The number of nitrogens with one attached hydrogen (secondary N) is 1. The van der Waals surface area contributed by atoms with Crippen LogP contribution in [-0.4, -0.2) is 33.4 Å². The van der Waals surface area contributed by atoms with E-state index in [9.17, 15) is 9.59 Å². The first-order chi connectivity index (χ1) is 14.9. The maximum Gasteiger partial charge on any atom is 0.325 e. The zero-order valence-electron chi connectivity index (χ0n) is 16.9. The summed E-state index contributed by atoms with van der Waals surface area (Å²) in [5.74, 6) is 0.776. The molecule has 3 heterocycles. The van der Waals surface area contributed by atoms with Crippen LogP contribution in [0.25, 0.3) is 5.69 Å². The highest BCUT2D eigenvalue weighted by Crippen LogP contribution is 2.38. The molecule has 0 bridgehead atoms. The van der Waals surface area contributed by atoms with Gasteiger partial charge in [-0.2, -0.15) is 5.10 Å². The van der Waals surface area contributed by atoms with Crippen molar-refractivity contribution in [1.29, 1.82) is 0 Å². The summed E-state index contributed by atoms with van der Waals surface area (Å²) in [6.07, 6.45) is 0. The second-order valence-corrected chi connectivity index (χ2v) is 7.97. The normalized spacial score (nSPS) is 19.8. The minimum absolute atomic E-state index is 0.0162. The summed E-state index contributed by atoms with van der Waals surface area (Å²) in [4.78, 5) is 27.3. The number of amides is 3. The lowest BCUT2D eigenvalue weighted by molar-refractivity contribution is -0.131. The van der Waals surface area contributed by atoms with E-state index in [1.165, 1.54) is 0 Å². The summed E-state index contributed by atoms with van der Waals surface area (Å²) >= 11 is 6.59. The molecule has 0 saturated carbocycles. The molecule has 158 valence electrons. The number of urea groups is 1. The van der Waals surface area contributed by atoms with Gasteiger partial charge in [-0.15, -0.1) is 0 Å². The van der Waals surface area contributed by atoms with E-state index < -0.39 is 11.6 Å². The third-order valence-electron chi connectivity index (χ3n) is 5.66. The molecule has 1 fully saturated rings. The maximum absolute atomic E-state index is 13.3. The maximum atomic E-state index is 13.3. The second-order valence-electron chi connectivity index (χ2n) is 7.62. The fourth-order valence-corrected chi connectivity index (χ4v) is 4.19. The van der Waals surface area contributed by atoms with Crippen molar-refractivity contribution < 1.29 is 19.1 Å². The van der Waals surface area contributed by atoms with E-state index in [0.29, 0.717) is 33.5 Å². The first-order valence-corrected chi connectivity index (χ1v) is 10.1. The molecular weight excluding hydrogens is 420 g/mol. The van der Waals surface area contributed by atoms with Crippen molar-refractivity contribution in [2.45, 2.75) is 25.9 Å². The molecule has 0 spiro atoms. The van der Waals surface area contributed by atoms with Gasteiger partial charge in [0.05, 0.1) is 17.9 Å². The first-order valence-electron chi connectivity index (χ1n) is 9.72. The van der Waals surface area contributed by atoms with Crippen LogP contribution in [0.3, 0.4) is 0 Å². The topological polar surface area (TPSA) is 85.7 Å². The smallest absolute Gasteiger partial charge is 0.325 e.